The highest BCUT2D eigenvalue weighted by Gasteiger charge is 2.37. The Morgan fingerprint density at radius 2 is 1.80 bits per heavy atom. The first-order valence-corrected chi connectivity index (χ1v) is 7.84. The van der Waals surface area contributed by atoms with Crippen LogP contribution in [0.25, 0.3) is 0 Å². The molecule has 2 unspecified atom stereocenters. The molecule has 2 aromatic carbocycles. The Hall–Kier alpha value is -2.89. The van der Waals surface area contributed by atoms with E-state index in [2.05, 4.69) is 0 Å². The van der Waals surface area contributed by atoms with E-state index in [1.165, 1.54) is 13.2 Å². The van der Waals surface area contributed by atoms with Crippen molar-refractivity contribution in [3.8, 4) is 23.0 Å². The molecule has 0 amide bonds. The van der Waals surface area contributed by atoms with Crippen LogP contribution in [0.2, 0.25) is 0 Å². The number of aromatic hydroxyl groups is 1. The van der Waals surface area contributed by atoms with Crippen molar-refractivity contribution >= 4 is 5.97 Å². The summed E-state index contributed by atoms with van der Waals surface area (Å²) in [7, 11) is 4.43. The molecule has 0 aromatic heterocycles. The van der Waals surface area contributed by atoms with E-state index in [9.17, 15) is 9.90 Å². The summed E-state index contributed by atoms with van der Waals surface area (Å²) in [6.07, 6.45) is -0.319. The van der Waals surface area contributed by atoms with Gasteiger partial charge in [0.25, 0.3) is 0 Å². The van der Waals surface area contributed by atoms with Crippen LogP contribution in [-0.4, -0.2) is 32.4 Å². The molecule has 1 aliphatic rings. The number of hydrogen-bond acceptors (Lipinski definition) is 6. The third-order valence-electron chi connectivity index (χ3n) is 4.47. The van der Waals surface area contributed by atoms with E-state index in [1.54, 1.807) is 20.3 Å². The highest BCUT2D eigenvalue weighted by Crippen LogP contribution is 2.50. The molecule has 0 saturated carbocycles. The Morgan fingerprint density at radius 3 is 2.44 bits per heavy atom. The van der Waals surface area contributed by atoms with E-state index in [-0.39, 0.29) is 23.3 Å². The maximum Gasteiger partial charge on any atom is 0.342 e. The number of phenolic OH excluding ortho intramolecular Hbond substituents is 1. The molecular weight excluding hydrogens is 324 g/mol. The average Bonchev–Trinajstić information content (AvgIpc) is 2.97. The summed E-state index contributed by atoms with van der Waals surface area (Å²) < 4.78 is 21.5. The molecule has 6 heteroatoms. The summed E-state index contributed by atoms with van der Waals surface area (Å²) in [6.45, 7) is 1.94. The molecule has 132 valence electrons. The van der Waals surface area contributed by atoms with Crippen molar-refractivity contribution in [1.82, 2.24) is 0 Å². The van der Waals surface area contributed by atoms with Gasteiger partial charge in [-0.2, -0.15) is 0 Å². The van der Waals surface area contributed by atoms with Gasteiger partial charge in [-0.1, -0.05) is 13.0 Å². The van der Waals surface area contributed by atoms with E-state index in [0.29, 0.717) is 22.8 Å². The van der Waals surface area contributed by atoms with E-state index in [4.69, 9.17) is 18.9 Å². The Bertz CT molecular complexity index is 814. The van der Waals surface area contributed by atoms with Crippen LogP contribution in [0.3, 0.4) is 0 Å². The molecule has 1 heterocycles. The van der Waals surface area contributed by atoms with Gasteiger partial charge in [0, 0.05) is 11.5 Å². The van der Waals surface area contributed by atoms with E-state index >= 15 is 0 Å². The number of ether oxygens (including phenoxy) is 4. The number of methoxy groups -OCH3 is 3. The molecule has 0 spiro atoms. The van der Waals surface area contributed by atoms with Gasteiger partial charge in [0.15, 0.2) is 11.5 Å². The summed E-state index contributed by atoms with van der Waals surface area (Å²) in [5.41, 5.74) is 1.68. The lowest BCUT2D eigenvalue weighted by atomic mass is 9.89. The standard InChI is InChI=1S/C19H20O6/c1-10-16-14(8-6-12(20)17(16)19(21)24-4)25-18(10)11-5-7-13(22-2)15(9-11)23-3/h5-10,18,20H,1-4H3. The van der Waals surface area contributed by atoms with Gasteiger partial charge in [-0.25, -0.2) is 4.79 Å². The number of carbonyl (C=O) groups is 1. The molecule has 6 nitrogen and oxygen atoms in total. The van der Waals surface area contributed by atoms with Crippen LogP contribution in [0.4, 0.5) is 0 Å². The number of phenols is 1. The van der Waals surface area contributed by atoms with Crippen molar-refractivity contribution < 1.29 is 28.8 Å². The maximum absolute atomic E-state index is 12.1. The maximum atomic E-state index is 12.1. The molecule has 0 aliphatic carbocycles. The quantitative estimate of drug-likeness (QED) is 0.857. The van der Waals surface area contributed by atoms with Gasteiger partial charge >= 0.3 is 5.97 Å². The average molecular weight is 344 g/mol. The zero-order valence-electron chi connectivity index (χ0n) is 14.5. The minimum Gasteiger partial charge on any atom is -0.507 e. The molecule has 1 N–H and O–H groups in total. The predicted molar refractivity (Wildman–Crippen MR) is 90.8 cm³/mol. The lowest BCUT2D eigenvalue weighted by Gasteiger charge is -2.18. The van der Waals surface area contributed by atoms with Crippen molar-refractivity contribution in [2.75, 3.05) is 21.3 Å². The van der Waals surface area contributed by atoms with Crippen LogP contribution in [0.5, 0.6) is 23.0 Å². The van der Waals surface area contributed by atoms with E-state index < -0.39 is 5.97 Å². The minimum absolute atomic E-state index is 0.117. The van der Waals surface area contributed by atoms with Crippen LogP contribution < -0.4 is 14.2 Å². The smallest absolute Gasteiger partial charge is 0.342 e. The van der Waals surface area contributed by atoms with Crippen molar-refractivity contribution in [2.45, 2.75) is 18.9 Å². The van der Waals surface area contributed by atoms with Crippen LogP contribution in [0.1, 0.15) is 40.4 Å². The predicted octanol–water partition coefficient (Wildman–Crippen LogP) is 3.43. The minimum atomic E-state index is -0.585. The topological polar surface area (TPSA) is 74.2 Å². The SMILES string of the molecule is COC(=O)c1c(O)ccc2c1C(C)C(c1ccc(OC)c(OC)c1)O2. The number of esters is 1. The number of rotatable bonds is 4. The first-order chi connectivity index (χ1) is 12.0. The fraction of sp³-hybridized carbons (Fsp3) is 0.316. The Kier molecular flexibility index (Phi) is 4.44. The summed E-state index contributed by atoms with van der Waals surface area (Å²) in [4.78, 5) is 12.1. The Morgan fingerprint density at radius 1 is 1.08 bits per heavy atom. The first kappa shape index (κ1) is 17.0. The van der Waals surface area contributed by atoms with Gasteiger partial charge in [-0.3, -0.25) is 0 Å². The van der Waals surface area contributed by atoms with Gasteiger partial charge in [0.1, 0.15) is 23.2 Å². The third kappa shape index (κ3) is 2.73. The van der Waals surface area contributed by atoms with Gasteiger partial charge in [-0.05, 0) is 29.8 Å². The molecular formula is C19H20O6. The second kappa shape index (κ2) is 6.55. The second-order valence-electron chi connectivity index (χ2n) is 5.80. The summed E-state index contributed by atoms with van der Waals surface area (Å²) in [6, 6.07) is 8.66. The fourth-order valence-electron chi connectivity index (χ4n) is 3.24. The molecule has 3 rings (SSSR count). The highest BCUT2D eigenvalue weighted by molar-refractivity contribution is 5.95. The molecule has 1 aliphatic heterocycles. The largest absolute Gasteiger partial charge is 0.507 e. The molecule has 2 atom stereocenters. The fourth-order valence-corrected chi connectivity index (χ4v) is 3.24. The lowest BCUT2D eigenvalue weighted by Crippen LogP contribution is -2.10. The normalized spacial score (nSPS) is 18.2. The number of benzene rings is 2. The van der Waals surface area contributed by atoms with Gasteiger partial charge in [-0.15, -0.1) is 0 Å². The van der Waals surface area contributed by atoms with E-state index in [0.717, 1.165) is 5.56 Å². The number of fused-ring (bicyclic) bond motifs is 1. The zero-order chi connectivity index (χ0) is 18.1. The van der Waals surface area contributed by atoms with Gasteiger partial charge in [0.2, 0.25) is 0 Å². The Labute approximate surface area is 145 Å². The van der Waals surface area contributed by atoms with Crippen molar-refractivity contribution in [3.63, 3.8) is 0 Å². The summed E-state index contributed by atoms with van der Waals surface area (Å²) in [5.74, 6) is 0.927. The van der Waals surface area contributed by atoms with Gasteiger partial charge in [0.05, 0.1) is 21.3 Å². The van der Waals surface area contributed by atoms with Crippen LogP contribution in [-0.2, 0) is 4.74 Å². The van der Waals surface area contributed by atoms with Crippen molar-refractivity contribution in [1.29, 1.82) is 0 Å². The van der Waals surface area contributed by atoms with Crippen molar-refractivity contribution in [2.24, 2.45) is 0 Å². The molecule has 0 radical (unpaired) electrons. The molecule has 0 fully saturated rings. The first-order valence-electron chi connectivity index (χ1n) is 7.84. The van der Waals surface area contributed by atoms with Crippen LogP contribution in [0, 0.1) is 0 Å². The molecule has 25 heavy (non-hydrogen) atoms. The van der Waals surface area contributed by atoms with Crippen LogP contribution in [0.15, 0.2) is 30.3 Å². The number of hydrogen-bond donors (Lipinski definition) is 1. The molecule has 0 bridgehead atoms. The monoisotopic (exact) mass is 344 g/mol. The Balaban J connectivity index is 2.04. The van der Waals surface area contributed by atoms with Gasteiger partial charge < -0.3 is 24.1 Å². The molecule has 2 aromatic rings. The zero-order valence-corrected chi connectivity index (χ0v) is 14.5. The third-order valence-corrected chi connectivity index (χ3v) is 4.47. The second-order valence-corrected chi connectivity index (χ2v) is 5.80. The lowest BCUT2D eigenvalue weighted by molar-refractivity contribution is 0.0595. The molecule has 0 saturated heterocycles. The van der Waals surface area contributed by atoms with Crippen molar-refractivity contribution in [3.05, 3.63) is 47.0 Å². The number of carbonyl (C=O) groups excluding carboxylic acids is 1. The highest BCUT2D eigenvalue weighted by atomic mass is 16.5. The summed E-state index contributed by atoms with van der Waals surface area (Å²) in [5, 5.41) is 10.1. The summed E-state index contributed by atoms with van der Waals surface area (Å²) >= 11 is 0. The van der Waals surface area contributed by atoms with Crippen LogP contribution >= 0.6 is 0 Å². The van der Waals surface area contributed by atoms with E-state index in [1.807, 2.05) is 25.1 Å².